The van der Waals surface area contributed by atoms with Crippen molar-refractivity contribution in [2.45, 2.75) is 70.3 Å². The maximum Gasteiger partial charge on any atom is 0.303 e. The van der Waals surface area contributed by atoms with Gasteiger partial charge in [-0.05, 0) is 6.42 Å². The van der Waals surface area contributed by atoms with E-state index in [-0.39, 0.29) is 12.0 Å². The fourth-order valence-electron chi connectivity index (χ4n) is 2.79. The Labute approximate surface area is 150 Å². The van der Waals surface area contributed by atoms with Crippen LogP contribution in [-0.4, -0.2) is 59.3 Å². The molecule has 0 aliphatic carbocycles. The molecule has 1 fully saturated rings. The Bertz CT molecular complexity index is 565. The van der Waals surface area contributed by atoms with Crippen LogP contribution in [0.3, 0.4) is 0 Å². The first-order valence-corrected chi connectivity index (χ1v) is 9.06. The standard InChI is InChI=1S/C16H23NO7S/c1-5-6-12-17-13-15(23-10(4)20)14(22-9(3)19)11(7-21-8(2)18)24-16(13)25-12/h11,13-16H,5-7H2,1-4H3/t11-,13?,14-,15-,16?/m1/s1. The zero-order valence-corrected chi connectivity index (χ0v) is 15.5. The van der Waals surface area contributed by atoms with Crippen LogP contribution in [0.15, 0.2) is 4.99 Å². The number of carbonyl (C=O) groups excluding carboxylic acids is 3. The van der Waals surface area contributed by atoms with Crippen molar-refractivity contribution < 1.29 is 33.3 Å². The van der Waals surface area contributed by atoms with E-state index in [9.17, 15) is 14.4 Å². The molecule has 0 N–H and O–H groups in total. The van der Waals surface area contributed by atoms with Gasteiger partial charge in [0.2, 0.25) is 0 Å². The molecule has 2 aliphatic rings. The third-order valence-corrected chi connectivity index (χ3v) is 4.88. The van der Waals surface area contributed by atoms with Crippen LogP contribution in [0.2, 0.25) is 0 Å². The van der Waals surface area contributed by atoms with Gasteiger partial charge in [0.1, 0.15) is 24.2 Å². The van der Waals surface area contributed by atoms with Crippen LogP contribution >= 0.6 is 11.8 Å². The second-order valence-corrected chi connectivity index (χ2v) is 7.05. The Hall–Kier alpha value is -1.61. The molecule has 2 aliphatic heterocycles. The molecule has 1 saturated heterocycles. The van der Waals surface area contributed by atoms with E-state index in [1.54, 1.807) is 0 Å². The van der Waals surface area contributed by atoms with Gasteiger partial charge in [-0.25, -0.2) is 0 Å². The molecule has 2 heterocycles. The lowest BCUT2D eigenvalue weighted by Gasteiger charge is -2.41. The van der Waals surface area contributed by atoms with Crippen molar-refractivity contribution in [1.29, 1.82) is 0 Å². The van der Waals surface area contributed by atoms with Crippen LogP contribution in [0, 0.1) is 0 Å². The quantitative estimate of drug-likeness (QED) is 0.509. The van der Waals surface area contributed by atoms with E-state index in [2.05, 4.69) is 4.99 Å². The van der Waals surface area contributed by atoms with Crippen molar-refractivity contribution >= 4 is 34.7 Å². The van der Waals surface area contributed by atoms with Crippen LogP contribution in [0.25, 0.3) is 0 Å². The number of esters is 3. The first kappa shape index (κ1) is 19.7. The van der Waals surface area contributed by atoms with Crippen molar-refractivity contribution in [1.82, 2.24) is 0 Å². The van der Waals surface area contributed by atoms with Gasteiger partial charge in [-0.3, -0.25) is 19.4 Å². The van der Waals surface area contributed by atoms with Gasteiger partial charge in [-0.15, -0.1) is 0 Å². The fraction of sp³-hybridized carbons (Fsp3) is 0.750. The number of fused-ring (bicyclic) bond motifs is 1. The number of rotatable bonds is 6. The predicted molar refractivity (Wildman–Crippen MR) is 90.1 cm³/mol. The highest BCUT2D eigenvalue weighted by Crippen LogP contribution is 2.40. The number of hydrogen-bond acceptors (Lipinski definition) is 9. The average molecular weight is 373 g/mol. The number of ether oxygens (including phenoxy) is 4. The number of hydrogen-bond donors (Lipinski definition) is 0. The Balaban J connectivity index is 2.27. The SMILES string of the molecule is CCCC1=NC2C(O[C@H](COC(C)=O)[C@@H](OC(C)=O)[C@@H]2OC(C)=O)S1. The molecular formula is C16H23NO7S. The molecule has 0 aromatic rings. The third kappa shape index (κ3) is 5.18. The molecule has 9 heteroatoms. The van der Waals surface area contributed by atoms with Crippen LogP contribution in [0.4, 0.5) is 0 Å². The molecule has 0 aromatic heterocycles. The highest BCUT2D eigenvalue weighted by Gasteiger charge is 2.52. The van der Waals surface area contributed by atoms with Gasteiger partial charge in [0, 0.05) is 20.8 Å². The zero-order chi connectivity index (χ0) is 18.6. The maximum atomic E-state index is 11.6. The van der Waals surface area contributed by atoms with Crippen molar-refractivity contribution in [3.63, 3.8) is 0 Å². The van der Waals surface area contributed by atoms with E-state index in [1.807, 2.05) is 6.92 Å². The molecule has 0 spiro atoms. The number of nitrogens with zero attached hydrogens (tertiary/aromatic N) is 1. The molecule has 0 aromatic carbocycles. The lowest BCUT2D eigenvalue weighted by atomic mass is 9.97. The molecule has 0 amide bonds. The molecule has 0 bridgehead atoms. The van der Waals surface area contributed by atoms with E-state index in [4.69, 9.17) is 18.9 Å². The molecule has 5 atom stereocenters. The monoisotopic (exact) mass is 373 g/mol. The van der Waals surface area contributed by atoms with Crippen LogP contribution in [-0.2, 0) is 33.3 Å². The Morgan fingerprint density at radius 1 is 1.08 bits per heavy atom. The van der Waals surface area contributed by atoms with Gasteiger partial charge in [-0.2, -0.15) is 0 Å². The third-order valence-electron chi connectivity index (χ3n) is 3.68. The minimum Gasteiger partial charge on any atom is -0.463 e. The maximum absolute atomic E-state index is 11.6. The summed E-state index contributed by atoms with van der Waals surface area (Å²) < 4.78 is 21.8. The molecule has 2 unspecified atom stereocenters. The summed E-state index contributed by atoms with van der Waals surface area (Å²) in [5, 5.41) is 0.907. The summed E-state index contributed by atoms with van der Waals surface area (Å²) in [5.41, 5.74) is -0.377. The fourth-order valence-corrected chi connectivity index (χ4v) is 4.11. The summed E-state index contributed by atoms with van der Waals surface area (Å²) in [4.78, 5) is 38.8. The van der Waals surface area contributed by atoms with Gasteiger partial charge in [0.05, 0.1) is 5.04 Å². The number of thioether (sulfide) groups is 1. The molecule has 140 valence electrons. The number of carbonyl (C=O) groups is 3. The Morgan fingerprint density at radius 2 is 1.72 bits per heavy atom. The summed E-state index contributed by atoms with van der Waals surface area (Å²) in [5.74, 6) is -1.52. The first-order valence-electron chi connectivity index (χ1n) is 8.18. The summed E-state index contributed by atoms with van der Waals surface area (Å²) in [7, 11) is 0. The van der Waals surface area contributed by atoms with Crippen LogP contribution in [0.1, 0.15) is 40.5 Å². The lowest BCUT2D eigenvalue weighted by molar-refractivity contribution is -0.208. The zero-order valence-electron chi connectivity index (χ0n) is 14.7. The largest absolute Gasteiger partial charge is 0.463 e. The molecule has 2 rings (SSSR count). The van der Waals surface area contributed by atoms with Gasteiger partial charge >= 0.3 is 17.9 Å². The van der Waals surface area contributed by atoms with E-state index < -0.39 is 42.3 Å². The molecule has 0 saturated carbocycles. The van der Waals surface area contributed by atoms with E-state index in [0.717, 1.165) is 17.9 Å². The van der Waals surface area contributed by atoms with Gasteiger partial charge < -0.3 is 18.9 Å². The van der Waals surface area contributed by atoms with E-state index >= 15 is 0 Å². The minimum atomic E-state index is -0.896. The van der Waals surface area contributed by atoms with Crippen LogP contribution in [0.5, 0.6) is 0 Å². The highest BCUT2D eigenvalue weighted by molar-refractivity contribution is 8.14. The van der Waals surface area contributed by atoms with Crippen molar-refractivity contribution in [3.8, 4) is 0 Å². The first-order chi connectivity index (χ1) is 11.8. The minimum absolute atomic E-state index is 0.0993. The number of aliphatic imine (C=N–C) groups is 1. The second kappa shape index (κ2) is 8.66. The van der Waals surface area contributed by atoms with Crippen molar-refractivity contribution in [2.24, 2.45) is 4.99 Å². The summed E-state index contributed by atoms with van der Waals surface area (Å²) in [6.07, 6.45) is -0.703. The Morgan fingerprint density at radius 3 is 2.28 bits per heavy atom. The summed E-state index contributed by atoms with van der Waals surface area (Å²) in [6.45, 7) is 5.77. The predicted octanol–water partition coefficient (Wildman–Crippen LogP) is 1.45. The van der Waals surface area contributed by atoms with E-state index in [0.29, 0.717) is 0 Å². The summed E-state index contributed by atoms with van der Waals surface area (Å²) >= 11 is 1.46. The van der Waals surface area contributed by atoms with Gasteiger partial charge in [-0.1, -0.05) is 25.1 Å². The molecular weight excluding hydrogens is 350 g/mol. The smallest absolute Gasteiger partial charge is 0.303 e. The molecule has 25 heavy (non-hydrogen) atoms. The van der Waals surface area contributed by atoms with Gasteiger partial charge in [0.15, 0.2) is 12.2 Å². The van der Waals surface area contributed by atoms with Crippen molar-refractivity contribution in [3.05, 3.63) is 0 Å². The Kier molecular flexibility index (Phi) is 6.83. The lowest BCUT2D eigenvalue weighted by Crippen LogP contribution is -2.59. The second-order valence-electron chi connectivity index (χ2n) is 5.87. The van der Waals surface area contributed by atoms with Gasteiger partial charge in [0.25, 0.3) is 0 Å². The normalized spacial score (nSPS) is 30.9. The van der Waals surface area contributed by atoms with E-state index in [1.165, 1.54) is 32.5 Å². The molecule has 8 nitrogen and oxygen atoms in total. The van der Waals surface area contributed by atoms with Crippen LogP contribution < -0.4 is 0 Å². The van der Waals surface area contributed by atoms with Crippen molar-refractivity contribution in [2.75, 3.05) is 6.61 Å². The molecule has 0 radical (unpaired) electrons. The summed E-state index contributed by atoms with van der Waals surface area (Å²) in [6, 6.07) is -0.464. The average Bonchev–Trinajstić information content (AvgIpc) is 2.89. The highest BCUT2D eigenvalue weighted by atomic mass is 32.2. The topological polar surface area (TPSA) is 100 Å².